The minimum absolute atomic E-state index is 0.0394. The van der Waals surface area contributed by atoms with E-state index in [9.17, 15) is 8.42 Å². The van der Waals surface area contributed by atoms with Gasteiger partial charge < -0.3 is 0 Å². The third-order valence-electron chi connectivity index (χ3n) is 2.96. The van der Waals surface area contributed by atoms with Crippen molar-refractivity contribution in [2.24, 2.45) is 5.41 Å². The van der Waals surface area contributed by atoms with Crippen molar-refractivity contribution in [2.45, 2.75) is 31.1 Å². The van der Waals surface area contributed by atoms with E-state index in [-0.39, 0.29) is 4.90 Å². The van der Waals surface area contributed by atoms with Crippen molar-refractivity contribution in [1.29, 1.82) is 0 Å². The lowest BCUT2D eigenvalue weighted by Crippen LogP contribution is -2.32. The van der Waals surface area contributed by atoms with Gasteiger partial charge >= 0.3 is 0 Å². The maximum atomic E-state index is 12.1. The van der Waals surface area contributed by atoms with Crippen LogP contribution in [-0.4, -0.2) is 15.0 Å². The van der Waals surface area contributed by atoms with Gasteiger partial charge in [0.25, 0.3) is 10.1 Å². The third-order valence-corrected chi connectivity index (χ3v) is 4.64. The van der Waals surface area contributed by atoms with Crippen molar-refractivity contribution in [2.75, 3.05) is 6.56 Å². The lowest BCUT2D eigenvalue weighted by molar-refractivity contribution is 0.0812. The average Bonchev–Trinajstić information content (AvgIpc) is 2.24. The molecule has 1 aliphatic carbocycles. The Morgan fingerprint density at radius 3 is 2.47 bits per heavy atom. The second-order valence-electron chi connectivity index (χ2n) is 4.51. The van der Waals surface area contributed by atoms with Gasteiger partial charge in [0.05, 0.1) is 14.2 Å². The van der Waals surface area contributed by atoms with Crippen molar-refractivity contribution in [3.63, 3.8) is 0 Å². The van der Waals surface area contributed by atoms with E-state index < -0.39 is 22.1 Å². The van der Waals surface area contributed by atoms with E-state index in [4.69, 9.17) is 6.92 Å². The summed E-state index contributed by atoms with van der Waals surface area (Å²) in [7, 11) is -4.09. The zero-order chi connectivity index (χ0) is 14.3. The molecule has 1 saturated carbocycles. The molecule has 0 bridgehead atoms. The van der Waals surface area contributed by atoms with Gasteiger partial charge in [-0.3, -0.25) is 4.18 Å². The van der Waals surface area contributed by atoms with E-state index in [2.05, 4.69) is 15.9 Å². The average molecular weight is 321 g/mol. The summed E-state index contributed by atoms with van der Waals surface area (Å²) < 4.78 is 45.5. The number of rotatable bonds is 4. The summed E-state index contributed by atoms with van der Waals surface area (Å²) in [4.78, 5) is -0.0394. The SMILES string of the molecule is [2H]C([2H])(OS(=O)(=O)c1ccc(Br)cc1)C1(C)CCC1. The summed E-state index contributed by atoms with van der Waals surface area (Å²) in [5, 5.41) is 0. The van der Waals surface area contributed by atoms with E-state index >= 15 is 0 Å². The number of hydrogen-bond acceptors (Lipinski definition) is 3. The predicted molar refractivity (Wildman–Crippen MR) is 69.2 cm³/mol. The highest BCUT2D eigenvalue weighted by Gasteiger charge is 2.34. The third kappa shape index (κ3) is 3.09. The first-order valence-corrected chi connectivity index (χ1v) is 7.58. The van der Waals surface area contributed by atoms with Crippen molar-refractivity contribution in [1.82, 2.24) is 0 Å². The molecule has 0 heterocycles. The monoisotopic (exact) mass is 320 g/mol. The highest BCUT2D eigenvalue weighted by Crippen LogP contribution is 2.40. The molecule has 0 saturated heterocycles. The lowest BCUT2D eigenvalue weighted by atomic mass is 9.71. The van der Waals surface area contributed by atoms with E-state index in [1.165, 1.54) is 12.1 Å². The number of hydrogen-bond donors (Lipinski definition) is 0. The van der Waals surface area contributed by atoms with Gasteiger partial charge in [0.2, 0.25) is 0 Å². The molecule has 1 aromatic rings. The van der Waals surface area contributed by atoms with Crippen LogP contribution in [0.25, 0.3) is 0 Å². The van der Waals surface area contributed by atoms with E-state index in [0.29, 0.717) is 12.8 Å². The molecule has 0 aliphatic heterocycles. The van der Waals surface area contributed by atoms with Crippen LogP contribution in [0.5, 0.6) is 0 Å². The van der Waals surface area contributed by atoms with Gasteiger partial charge in [0, 0.05) is 4.47 Å². The van der Waals surface area contributed by atoms with Crippen LogP contribution in [0.4, 0.5) is 0 Å². The topological polar surface area (TPSA) is 43.4 Å². The number of benzene rings is 1. The molecule has 2 rings (SSSR count). The molecule has 17 heavy (non-hydrogen) atoms. The Morgan fingerprint density at radius 2 is 2.00 bits per heavy atom. The standard InChI is InChI=1S/C12H15BrO3S/c1-12(7-2-8-12)9-16-17(14,15)11-5-3-10(13)4-6-11/h3-6H,2,7-9H2,1H3/i9D2. The van der Waals surface area contributed by atoms with Crippen LogP contribution in [0.1, 0.15) is 28.9 Å². The summed E-state index contributed by atoms with van der Waals surface area (Å²) in [6.45, 7) is -0.468. The maximum Gasteiger partial charge on any atom is 0.296 e. The normalized spacial score (nSPS) is 21.3. The number of halogens is 1. The molecule has 0 aromatic heterocycles. The van der Waals surface area contributed by atoms with Gasteiger partial charge in [0.1, 0.15) is 0 Å². The quantitative estimate of drug-likeness (QED) is 0.799. The summed E-state index contributed by atoms with van der Waals surface area (Å²) in [6, 6.07) is 5.94. The molecule has 1 aromatic carbocycles. The molecule has 3 nitrogen and oxygen atoms in total. The molecule has 0 unspecified atom stereocenters. The smallest absolute Gasteiger partial charge is 0.266 e. The van der Waals surface area contributed by atoms with Crippen molar-refractivity contribution < 1.29 is 15.3 Å². The Hall–Kier alpha value is -0.390. The summed E-state index contributed by atoms with van der Waals surface area (Å²) >= 11 is 3.22. The Morgan fingerprint density at radius 1 is 1.41 bits per heavy atom. The first-order chi connectivity index (χ1) is 8.66. The van der Waals surface area contributed by atoms with Gasteiger partial charge in [-0.05, 0) is 42.5 Å². The predicted octanol–water partition coefficient (Wildman–Crippen LogP) is 3.34. The van der Waals surface area contributed by atoms with E-state index in [0.717, 1.165) is 10.9 Å². The Kier molecular flexibility index (Phi) is 2.91. The highest BCUT2D eigenvalue weighted by atomic mass is 79.9. The first kappa shape index (κ1) is 10.5. The first-order valence-electron chi connectivity index (χ1n) is 6.38. The van der Waals surface area contributed by atoms with Crippen LogP contribution in [0, 0.1) is 5.41 Å². The summed E-state index contributed by atoms with van der Waals surface area (Å²) in [5.74, 6) is 0. The van der Waals surface area contributed by atoms with E-state index in [1.807, 2.05) is 0 Å². The second-order valence-corrected chi connectivity index (χ2v) is 6.97. The second kappa shape index (κ2) is 4.71. The molecule has 0 radical (unpaired) electrons. The summed E-state index contributed by atoms with van der Waals surface area (Å²) in [6.07, 6.45) is 2.17. The fourth-order valence-corrected chi connectivity index (χ4v) is 2.75. The zero-order valence-electron chi connectivity index (χ0n) is 11.4. The fourth-order valence-electron chi connectivity index (χ4n) is 1.61. The fraction of sp³-hybridized carbons (Fsp3) is 0.500. The summed E-state index contributed by atoms with van der Waals surface area (Å²) in [5.41, 5.74) is -0.727. The van der Waals surface area contributed by atoms with Gasteiger partial charge in [-0.2, -0.15) is 8.42 Å². The van der Waals surface area contributed by atoms with Crippen LogP contribution in [0.3, 0.4) is 0 Å². The van der Waals surface area contributed by atoms with Gasteiger partial charge in [-0.25, -0.2) is 0 Å². The molecule has 5 heteroatoms. The molecule has 94 valence electrons. The minimum atomic E-state index is -4.09. The van der Waals surface area contributed by atoms with Crippen molar-refractivity contribution in [3.05, 3.63) is 28.7 Å². The van der Waals surface area contributed by atoms with Crippen LogP contribution >= 0.6 is 15.9 Å². The molecular formula is C12H15BrO3S. The Balaban J connectivity index is 2.24. The van der Waals surface area contributed by atoms with Crippen LogP contribution in [0.2, 0.25) is 0 Å². The lowest BCUT2D eigenvalue weighted by Gasteiger charge is -2.37. The Labute approximate surface area is 113 Å². The van der Waals surface area contributed by atoms with Crippen LogP contribution in [-0.2, 0) is 14.3 Å². The van der Waals surface area contributed by atoms with Gasteiger partial charge in [-0.15, -0.1) is 0 Å². The van der Waals surface area contributed by atoms with Gasteiger partial charge in [0.15, 0.2) is 0 Å². The minimum Gasteiger partial charge on any atom is -0.266 e. The van der Waals surface area contributed by atoms with Crippen molar-refractivity contribution >= 4 is 26.0 Å². The highest BCUT2D eigenvalue weighted by molar-refractivity contribution is 9.10. The molecule has 0 spiro atoms. The largest absolute Gasteiger partial charge is 0.296 e. The maximum absolute atomic E-state index is 12.1. The molecule has 0 N–H and O–H groups in total. The van der Waals surface area contributed by atoms with E-state index in [1.54, 1.807) is 19.1 Å². The van der Waals surface area contributed by atoms with Crippen molar-refractivity contribution in [3.8, 4) is 0 Å². The molecule has 1 aliphatic rings. The molecule has 1 fully saturated rings. The molecular weight excluding hydrogens is 304 g/mol. The van der Waals surface area contributed by atoms with Gasteiger partial charge in [-0.1, -0.05) is 29.3 Å². The zero-order valence-corrected chi connectivity index (χ0v) is 11.8. The van der Waals surface area contributed by atoms with Crippen LogP contribution < -0.4 is 0 Å². The van der Waals surface area contributed by atoms with Crippen LogP contribution in [0.15, 0.2) is 33.6 Å². The molecule has 0 atom stereocenters. The Bertz CT molecular complexity index is 565. The molecule has 0 amide bonds.